The number of carbonyl (C=O) groups excluding carboxylic acids is 1. The number of Topliss-reactive ketones (excluding diaryl/α,β-unsaturated/α-hetero) is 1. The van der Waals surface area contributed by atoms with Crippen molar-refractivity contribution in [1.82, 2.24) is 0 Å². The van der Waals surface area contributed by atoms with Gasteiger partial charge in [-0.1, -0.05) is 42.3 Å². The predicted molar refractivity (Wildman–Crippen MR) is 69.2 cm³/mol. The number of halogens is 1. The van der Waals surface area contributed by atoms with Gasteiger partial charge in [-0.15, -0.1) is 0 Å². The quantitative estimate of drug-likeness (QED) is 0.626. The van der Waals surface area contributed by atoms with Crippen molar-refractivity contribution in [1.29, 1.82) is 0 Å². The Kier molecular flexibility index (Phi) is 3.99. The van der Waals surface area contributed by atoms with Gasteiger partial charge in [-0.2, -0.15) is 0 Å². The van der Waals surface area contributed by atoms with Crippen LogP contribution in [-0.2, 0) is 9.84 Å². The van der Waals surface area contributed by atoms with Crippen LogP contribution >= 0.6 is 11.6 Å². The summed E-state index contributed by atoms with van der Waals surface area (Å²) in [5.74, 6) is -0.741. The largest absolute Gasteiger partial charge is 0.291 e. The number of sulfone groups is 1. The van der Waals surface area contributed by atoms with Crippen LogP contribution in [0.5, 0.6) is 0 Å². The van der Waals surface area contributed by atoms with Crippen LogP contribution < -0.4 is 0 Å². The lowest BCUT2D eigenvalue weighted by molar-refractivity contribution is 0.0978. The molecule has 94 valence electrons. The number of benzene rings is 1. The molecule has 3 nitrogen and oxygen atoms in total. The summed E-state index contributed by atoms with van der Waals surface area (Å²) in [5.41, 5.74) is 1.21. The van der Waals surface area contributed by atoms with Gasteiger partial charge < -0.3 is 0 Å². The first-order valence-electron chi connectivity index (χ1n) is 5.25. The van der Waals surface area contributed by atoms with Crippen molar-refractivity contribution >= 4 is 27.2 Å². The minimum Gasteiger partial charge on any atom is -0.291 e. The van der Waals surface area contributed by atoms with Gasteiger partial charge in [-0.25, -0.2) is 8.42 Å². The van der Waals surface area contributed by atoms with Crippen LogP contribution in [0.4, 0.5) is 0 Å². The first kappa shape index (κ1) is 14.2. The van der Waals surface area contributed by atoms with E-state index in [0.29, 0.717) is 5.56 Å². The fourth-order valence-electron chi connectivity index (χ4n) is 1.46. The number of alkyl halides is 1. The summed E-state index contributed by atoms with van der Waals surface area (Å²) in [7, 11) is -3.64. The monoisotopic (exact) mass is 274 g/mol. The molecule has 0 aromatic heterocycles. The lowest BCUT2D eigenvalue weighted by atomic mass is 10.1. The highest BCUT2D eigenvalue weighted by Gasteiger charge is 2.43. The van der Waals surface area contributed by atoms with Crippen LogP contribution in [0.25, 0.3) is 0 Å². The summed E-state index contributed by atoms with van der Waals surface area (Å²) in [5, 5.41) is 0. The SMILES string of the molecule is CCS(=O)(=O)[C@](C)(Cl)C(=O)c1cccc(C)c1. The summed E-state index contributed by atoms with van der Waals surface area (Å²) in [6.07, 6.45) is 0. The van der Waals surface area contributed by atoms with E-state index in [1.165, 1.54) is 13.8 Å². The van der Waals surface area contributed by atoms with E-state index in [4.69, 9.17) is 11.6 Å². The van der Waals surface area contributed by atoms with Crippen molar-refractivity contribution in [3.05, 3.63) is 35.4 Å². The molecule has 0 amide bonds. The second-order valence-corrected chi connectivity index (χ2v) is 7.62. The van der Waals surface area contributed by atoms with Gasteiger partial charge >= 0.3 is 0 Å². The normalized spacial score (nSPS) is 15.3. The lowest BCUT2D eigenvalue weighted by Gasteiger charge is -2.20. The molecule has 1 atom stereocenters. The van der Waals surface area contributed by atoms with E-state index in [1.807, 2.05) is 13.0 Å². The van der Waals surface area contributed by atoms with Crippen molar-refractivity contribution < 1.29 is 13.2 Å². The second kappa shape index (κ2) is 4.78. The molecular weight excluding hydrogens is 260 g/mol. The number of aryl methyl sites for hydroxylation is 1. The molecule has 0 fully saturated rings. The van der Waals surface area contributed by atoms with E-state index < -0.39 is 19.8 Å². The third-order valence-corrected chi connectivity index (χ3v) is 5.64. The van der Waals surface area contributed by atoms with Crippen LogP contribution in [0, 0.1) is 6.92 Å². The van der Waals surface area contributed by atoms with Crippen molar-refractivity contribution in [2.45, 2.75) is 25.0 Å². The maximum Gasteiger partial charge on any atom is 0.205 e. The molecule has 17 heavy (non-hydrogen) atoms. The number of hydrogen-bond acceptors (Lipinski definition) is 3. The van der Waals surface area contributed by atoms with Crippen LogP contribution in [0.15, 0.2) is 24.3 Å². The Morgan fingerprint density at radius 3 is 2.47 bits per heavy atom. The molecule has 0 aliphatic rings. The fourth-order valence-corrected chi connectivity index (χ4v) is 2.84. The van der Waals surface area contributed by atoms with E-state index in [-0.39, 0.29) is 5.75 Å². The molecule has 0 unspecified atom stereocenters. The van der Waals surface area contributed by atoms with Gasteiger partial charge in [-0.3, -0.25) is 4.79 Å². The maximum absolute atomic E-state index is 12.1. The van der Waals surface area contributed by atoms with Crippen LogP contribution in [0.3, 0.4) is 0 Å². The molecule has 0 bridgehead atoms. The second-order valence-electron chi connectivity index (χ2n) is 4.02. The minimum atomic E-state index is -3.64. The molecule has 0 saturated carbocycles. The number of ketones is 1. The average molecular weight is 275 g/mol. The highest BCUT2D eigenvalue weighted by molar-refractivity contribution is 7.95. The van der Waals surface area contributed by atoms with E-state index >= 15 is 0 Å². The number of carbonyl (C=O) groups is 1. The van der Waals surface area contributed by atoms with Gasteiger partial charge in [0, 0.05) is 11.3 Å². The van der Waals surface area contributed by atoms with Crippen molar-refractivity contribution in [3.8, 4) is 0 Å². The Bertz CT molecular complexity index is 532. The molecular formula is C12H15ClO3S. The minimum absolute atomic E-state index is 0.162. The highest BCUT2D eigenvalue weighted by atomic mass is 35.5. The zero-order valence-electron chi connectivity index (χ0n) is 10.0. The van der Waals surface area contributed by atoms with E-state index in [1.54, 1.807) is 18.2 Å². The molecule has 0 aliphatic heterocycles. The topological polar surface area (TPSA) is 51.2 Å². The van der Waals surface area contributed by atoms with Gasteiger partial charge in [-0.05, 0) is 19.9 Å². The van der Waals surface area contributed by atoms with E-state index in [0.717, 1.165) is 5.56 Å². The van der Waals surface area contributed by atoms with Gasteiger partial charge in [0.15, 0.2) is 15.6 Å². The summed E-state index contributed by atoms with van der Waals surface area (Å²) in [4.78, 5) is 12.1. The fraction of sp³-hybridized carbons (Fsp3) is 0.417. The molecule has 0 heterocycles. The van der Waals surface area contributed by atoms with E-state index in [2.05, 4.69) is 0 Å². The van der Waals surface area contributed by atoms with Crippen molar-refractivity contribution in [3.63, 3.8) is 0 Å². The average Bonchev–Trinajstić information content (AvgIpc) is 2.27. The number of rotatable bonds is 4. The summed E-state index contributed by atoms with van der Waals surface area (Å²) < 4.78 is 21.6. The Hall–Kier alpha value is -0.870. The third kappa shape index (κ3) is 2.69. The standard InChI is InChI=1S/C12H15ClO3S/c1-4-17(15,16)12(3,13)11(14)10-7-5-6-9(2)8-10/h5-8H,4H2,1-3H3/t12-/m0/s1. The first-order valence-corrected chi connectivity index (χ1v) is 7.28. The Morgan fingerprint density at radius 1 is 1.41 bits per heavy atom. The Labute approximate surface area is 107 Å². The van der Waals surface area contributed by atoms with Crippen molar-refractivity contribution in [2.75, 3.05) is 5.75 Å². The molecule has 0 spiro atoms. The van der Waals surface area contributed by atoms with Crippen molar-refractivity contribution in [2.24, 2.45) is 0 Å². The lowest BCUT2D eigenvalue weighted by Crippen LogP contribution is -2.39. The maximum atomic E-state index is 12.1. The van der Waals surface area contributed by atoms with E-state index in [9.17, 15) is 13.2 Å². The van der Waals surface area contributed by atoms with Crippen LogP contribution in [-0.4, -0.2) is 24.2 Å². The van der Waals surface area contributed by atoms with Crippen LogP contribution in [0.1, 0.15) is 29.8 Å². The molecule has 1 aromatic rings. The summed E-state index contributed by atoms with van der Waals surface area (Å²) >= 11 is 5.93. The Morgan fingerprint density at radius 2 is 2.00 bits per heavy atom. The van der Waals surface area contributed by atoms with Gasteiger partial charge in [0.25, 0.3) is 0 Å². The van der Waals surface area contributed by atoms with Gasteiger partial charge in [0.2, 0.25) is 4.21 Å². The molecule has 0 N–H and O–H groups in total. The zero-order valence-corrected chi connectivity index (χ0v) is 11.6. The molecule has 0 saturated heterocycles. The molecule has 0 aliphatic carbocycles. The first-order chi connectivity index (χ1) is 7.72. The van der Waals surface area contributed by atoms with Gasteiger partial charge in [0.05, 0.1) is 0 Å². The summed E-state index contributed by atoms with van der Waals surface area (Å²) in [6, 6.07) is 6.74. The molecule has 1 rings (SSSR count). The number of hydrogen-bond donors (Lipinski definition) is 0. The zero-order chi connectivity index (χ0) is 13.3. The third-order valence-electron chi connectivity index (χ3n) is 2.65. The highest BCUT2D eigenvalue weighted by Crippen LogP contribution is 2.28. The van der Waals surface area contributed by atoms with Gasteiger partial charge in [0.1, 0.15) is 0 Å². The molecule has 0 radical (unpaired) electrons. The predicted octanol–water partition coefficient (Wildman–Crippen LogP) is 2.57. The van der Waals surface area contributed by atoms with Crippen LogP contribution in [0.2, 0.25) is 0 Å². The summed E-state index contributed by atoms with van der Waals surface area (Å²) in [6.45, 7) is 4.54. The molecule has 5 heteroatoms. The molecule has 1 aromatic carbocycles. The Balaban J connectivity index is 3.23. The smallest absolute Gasteiger partial charge is 0.205 e.